The van der Waals surface area contributed by atoms with E-state index in [9.17, 15) is 0 Å². The number of ether oxygens (including phenoxy) is 1. The van der Waals surface area contributed by atoms with Crippen molar-refractivity contribution < 1.29 is 4.74 Å². The van der Waals surface area contributed by atoms with Gasteiger partial charge in [0.2, 0.25) is 0 Å². The van der Waals surface area contributed by atoms with E-state index in [4.69, 9.17) is 4.74 Å². The Balaban J connectivity index is 1.60. The summed E-state index contributed by atoms with van der Waals surface area (Å²) < 4.78 is 5.39. The van der Waals surface area contributed by atoms with Crippen molar-refractivity contribution in [2.75, 3.05) is 50.8 Å². The van der Waals surface area contributed by atoms with Crippen molar-refractivity contribution in [2.45, 2.75) is 12.8 Å². The van der Waals surface area contributed by atoms with Gasteiger partial charge in [0.15, 0.2) is 0 Å². The molecule has 0 spiro atoms. The second kappa shape index (κ2) is 5.72. The standard InChI is InChI=1S/C15H21N2O/c1-2-6-15-14(4-1)5-3-7-17(15)9-8-16-10-12-18-13-11-16/h1,4,6H,3,5,7-13H2. The molecule has 1 aromatic rings. The van der Waals surface area contributed by atoms with E-state index < -0.39 is 0 Å². The Morgan fingerprint density at radius 1 is 1.17 bits per heavy atom. The van der Waals surface area contributed by atoms with Gasteiger partial charge in [0.1, 0.15) is 0 Å². The second-order valence-corrected chi connectivity index (χ2v) is 5.10. The van der Waals surface area contributed by atoms with Gasteiger partial charge in [-0.15, -0.1) is 0 Å². The van der Waals surface area contributed by atoms with E-state index in [1.54, 1.807) is 0 Å². The van der Waals surface area contributed by atoms with Crippen LogP contribution in [0.4, 0.5) is 5.69 Å². The lowest BCUT2D eigenvalue weighted by Crippen LogP contribution is -2.42. The first kappa shape index (κ1) is 12.0. The van der Waals surface area contributed by atoms with Crippen LogP contribution in [0.2, 0.25) is 0 Å². The molecule has 1 fully saturated rings. The quantitative estimate of drug-likeness (QED) is 0.804. The van der Waals surface area contributed by atoms with E-state index in [0.29, 0.717) is 0 Å². The van der Waals surface area contributed by atoms with E-state index in [1.165, 1.54) is 30.6 Å². The number of benzene rings is 1. The van der Waals surface area contributed by atoms with Gasteiger partial charge in [-0.3, -0.25) is 4.90 Å². The highest BCUT2D eigenvalue weighted by molar-refractivity contribution is 5.55. The molecule has 1 aromatic carbocycles. The maximum Gasteiger partial charge on any atom is 0.0594 e. The van der Waals surface area contributed by atoms with Crippen molar-refractivity contribution >= 4 is 5.69 Å². The predicted octanol–water partition coefficient (Wildman–Crippen LogP) is 1.57. The lowest BCUT2D eigenvalue weighted by molar-refractivity contribution is 0.0391. The molecule has 97 valence electrons. The molecule has 0 unspecified atom stereocenters. The Kier molecular flexibility index (Phi) is 3.81. The van der Waals surface area contributed by atoms with E-state index in [0.717, 1.165) is 39.4 Å². The third kappa shape index (κ3) is 2.68. The van der Waals surface area contributed by atoms with E-state index in [1.807, 2.05) is 6.07 Å². The zero-order valence-electron chi connectivity index (χ0n) is 10.9. The number of anilines is 1. The monoisotopic (exact) mass is 245 g/mol. The highest BCUT2D eigenvalue weighted by Crippen LogP contribution is 2.26. The van der Waals surface area contributed by atoms with Crippen molar-refractivity contribution in [3.63, 3.8) is 0 Å². The van der Waals surface area contributed by atoms with Gasteiger partial charge >= 0.3 is 0 Å². The van der Waals surface area contributed by atoms with Crippen LogP contribution in [0.1, 0.15) is 12.0 Å². The summed E-state index contributed by atoms with van der Waals surface area (Å²) >= 11 is 0. The average Bonchev–Trinajstić information content (AvgIpc) is 2.46. The van der Waals surface area contributed by atoms with Crippen LogP contribution in [0.25, 0.3) is 0 Å². The number of hydrogen-bond acceptors (Lipinski definition) is 3. The maximum absolute atomic E-state index is 5.39. The summed E-state index contributed by atoms with van der Waals surface area (Å²) in [4.78, 5) is 5.02. The molecule has 1 radical (unpaired) electrons. The van der Waals surface area contributed by atoms with Gasteiger partial charge in [-0.25, -0.2) is 0 Å². The molecule has 3 nitrogen and oxygen atoms in total. The van der Waals surface area contributed by atoms with Crippen molar-refractivity contribution in [1.29, 1.82) is 0 Å². The molecule has 3 rings (SSSR count). The number of fused-ring (bicyclic) bond motifs is 1. The van der Waals surface area contributed by atoms with Gasteiger partial charge < -0.3 is 9.64 Å². The van der Waals surface area contributed by atoms with Crippen LogP contribution in [0, 0.1) is 6.07 Å². The Morgan fingerprint density at radius 3 is 2.94 bits per heavy atom. The minimum Gasteiger partial charge on any atom is -0.379 e. The van der Waals surface area contributed by atoms with Crippen LogP contribution >= 0.6 is 0 Å². The molecular weight excluding hydrogens is 224 g/mol. The smallest absolute Gasteiger partial charge is 0.0594 e. The molecule has 0 aliphatic carbocycles. The number of nitrogens with zero attached hydrogens (tertiary/aromatic N) is 2. The van der Waals surface area contributed by atoms with Crippen molar-refractivity contribution in [3.05, 3.63) is 29.8 Å². The summed E-state index contributed by atoms with van der Waals surface area (Å²) in [5, 5.41) is 0. The van der Waals surface area contributed by atoms with Crippen molar-refractivity contribution in [3.8, 4) is 0 Å². The van der Waals surface area contributed by atoms with E-state index >= 15 is 0 Å². The highest BCUT2D eigenvalue weighted by Gasteiger charge is 2.17. The molecule has 0 bridgehead atoms. The Bertz CT molecular complexity index is 388. The third-order valence-corrected chi connectivity index (χ3v) is 3.93. The van der Waals surface area contributed by atoms with Gasteiger partial charge in [-0.05, 0) is 30.5 Å². The lowest BCUT2D eigenvalue weighted by atomic mass is 10.0. The SMILES string of the molecule is [c]1ccc2c(c1)N(CCN1CCOCC1)CCC2. The zero-order valence-corrected chi connectivity index (χ0v) is 10.9. The van der Waals surface area contributed by atoms with Crippen LogP contribution < -0.4 is 4.90 Å². The molecule has 0 atom stereocenters. The van der Waals surface area contributed by atoms with E-state index in [-0.39, 0.29) is 0 Å². The Morgan fingerprint density at radius 2 is 2.06 bits per heavy atom. The normalized spacial score (nSPS) is 20.8. The molecule has 18 heavy (non-hydrogen) atoms. The molecular formula is C15H21N2O. The summed E-state index contributed by atoms with van der Waals surface area (Å²) in [6, 6.07) is 9.61. The first-order valence-electron chi connectivity index (χ1n) is 6.97. The van der Waals surface area contributed by atoms with Crippen LogP contribution in [0.5, 0.6) is 0 Å². The van der Waals surface area contributed by atoms with Crippen LogP contribution in [0.3, 0.4) is 0 Å². The minimum absolute atomic E-state index is 0.893. The molecule has 2 aliphatic heterocycles. The first-order valence-corrected chi connectivity index (χ1v) is 6.97. The third-order valence-electron chi connectivity index (χ3n) is 3.93. The van der Waals surface area contributed by atoms with E-state index in [2.05, 4.69) is 28.0 Å². The summed E-state index contributed by atoms with van der Waals surface area (Å²) in [6.07, 6.45) is 2.50. The van der Waals surface area contributed by atoms with Crippen LogP contribution in [-0.2, 0) is 11.2 Å². The summed E-state index contributed by atoms with van der Waals surface area (Å²) in [7, 11) is 0. The molecule has 0 N–H and O–H groups in total. The molecule has 3 heteroatoms. The van der Waals surface area contributed by atoms with Gasteiger partial charge in [0.25, 0.3) is 0 Å². The zero-order chi connectivity index (χ0) is 12.2. The molecule has 0 saturated carbocycles. The topological polar surface area (TPSA) is 15.7 Å². The number of hydrogen-bond donors (Lipinski definition) is 0. The molecule has 1 saturated heterocycles. The molecule has 0 aromatic heterocycles. The number of morpholine rings is 1. The summed E-state index contributed by atoms with van der Waals surface area (Å²) in [5.41, 5.74) is 2.89. The fraction of sp³-hybridized carbons (Fsp3) is 0.600. The predicted molar refractivity (Wildman–Crippen MR) is 73.1 cm³/mol. The van der Waals surface area contributed by atoms with Gasteiger partial charge in [-0.1, -0.05) is 12.1 Å². The molecule has 2 heterocycles. The summed E-state index contributed by atoms with van der Waals surface area (Å²) in [5.74, 6) is 0. The van der Waals surface area contributed by atoms with Crippen molar-refractivity contribution in [1.82, 2.24) is 4.90 Å². The van der Waals surface area contributed by atoms with Gasteiger partial charge in [0, 0.05) is 38.4 Å². The largest absolute Gasteiger partial charge is 0.379 e. The summed E-state index contributed by atoms with van der Waals surface area (Å²) in [6.45, 7) is 7.43. The first-order chi connectivity index (χ1) is 8.93. The number of aryl methyl sites for hydroxylation is 1. The van der Waals surface area contributed by atoms with Crippen LogP contribution in [0.15, 0.2) is 18.2 Å². The van der Waals surface area contributed by atoms with Gasteiger partial charge in [-0.2, -0.15) is 0 Å². The molecule has 0 amide bonds. The Labute approximate surface area is 109 Å². The second-order valence-electron chi connectivity index (χ2n) is 5.10. The van der Waals surface area contributed by atoms with Crippen molar-refractivity contribution in [2.24, 2.45) is 0 Å². The van der Waals surface area contributed by atoms with Gasteiger partial charge in [0.05, 0.1) is 13.2 Å². The fourth-order valence-electron chi connectivity index (χ4n) is 2.86. The lowest BCUT2D eigenvalue weighted by Gasteiger charge is -2.34. The molecule has 2 aliphatic rings. The minimum atomic E-state index is 0.893. The van der Waals surface area contributed by atoms with Crippen LogP contribution in [-0.4, -0.2) is 50.8 Å². The number of rotatable bonds is 3. The maximum atomic E-state index is 5.39. The fourth-order valence-corrected chi connectivity index (χ4v) is 2.86. The highest BCUT2D eigenvalue weighted by atomic mass is 16.5. The average molecular weight is 245 g/mol. The Hall–Kier alpha value is -1.06.